The van der Waals surface area contributed by atoms with Gasteiger partial charge in [-0.15, -0.1) is 0 Å². The number of ketones is 1. The highest BCUT2D eigenvalue weighted by atomic mass is 32.2. The number of Topliss-reactive ketones (excluding diaryl/α,β-unsaturated/α-hetero) is 1. The molecular formula is C26H32FN3O4S. The molecule has 2 aromatic carbocycles. The number of carbonyl (C=O) groups is 2. The third kappa shape index (κ3) is 5.34. The summed E-state index contributed by atoms with van der Waals surface area (Å²) in [5.41, 5.74) is 1.92. The number of anilines is 2. The Kier molecular flexibility index (Phi) is 7.44. The molecule has 0 N–H and O–H groups in total. The number of piperazine rings is 1. The predicted octanol–water partition coefficient (Wildman–Crippen LogP) is 3.77. The highest BCUT2D eigenvalue weighted by Gasteiger charge is 2.29. The van der Waals surface area contributed by atoms with Gasteiger partial charge in [0.1, 0.15) is 5.82 Å². The highest BCUT2D eigenvalue weighted by molar-refractivity contribution is 7.91. The molecule has 0 unspecified atom stereocenters. The molecule has 2 heterocycles. The third-order valence-electron chi connectivity index (χ3n) is 6.74. The van der Waals surface area contributed by atoms with Gasteiger partial charge in [-0.1, -0.05) is 6.92 Å². The Hall–Kier alpha value is -2.94. The molecule has 0 saturated carbocycles. The van der Waals surface area contributed by atoms with Crippen LogP contribution >= 0.6 is 0 Å². The topological polar surface area (TPSA) is 78.0 Å². The predicted molar refractivity (Wildman–Crippen MR) is 135 cm³/mol. The lowest BCUT2D eigenvalue weighted by Crippen LogP contribution is -2.49. The molecule has 2 saturated heterocycles. The van der Waals surface area contributed by atoms with Gasteiger partial charge in [-0.05, 0) is 62.6 Å². The van der Waals surface area contributed by atoms with Crippen molar-refractivity contribution in [3.63, 3.8) is 0 Å². The third-order valence-corrected chi connectivity index (χ3v) is 8.66. The van der Waals surface area contributed by atoms with E-state index >= 15 is 0 Å². The van der Waals surface area contributed by atoms with E-state index in [1.807, 2.05) is 11.8 Å². The van der Waals surface area contributed by atoms with Gasteiger partial charge in [-0.2, -0.15) is 0 Å². The molecule has 188 valence electrons. The minimum absolute atomic E-state index is 0.0380. The lowest BCUT2D eigenvalue weighted by Gasteiger charge is -2.37. The molecule has 0 aromatic heterocycles. The van der Waals surface area contributed by atoms with Gasteiger partial charge < -0.3 is 14.7 Å². The van der Waals surface area contributed by atoms with E-state index in [2.05, 4.69) is 4.90 Å². The molecule has 0 aliphatic carbocycles. The van der Waals surface area contributed by atoms with Gasteiger partial charge in [-0.3, -0.25) is 9.59 Å². The first kappa shape index (κ1) is 25.2. The summed E-state index contributed by atoms with van der Waals surface area (Å²) in [6, 6.07) is 9.39. The van der Waals surface area contributed by atoms with Crippen LogP contribution in [-0.2, 0) is 9.84 Å². The average Bonchev–Trinajstić information content (AvgIpc) is 3.38. The van der Waals surface area contributed by atoms with Crippen molar-refractivity contribution >= 4 is 32.9 Å². The Morgan fingerprint density at radius 1 is 0.886 bits per heavy atom. The number of hydrogen-bond acceptors (Lipinski definition) is 6. The van der Waals surface area contributed by atoms with Crippen molar-refractivity contribution < 1.29 is 22.4 Å². The number of carbonyl (C=O) groups excluding carboxylic acids is 2. The highest BCUT2D eigenvalue weighted by Crippen LogP contribution is 2.30. The monoisotopic (exact) mass is 501 g/mol. The fourth-order valence-corrected chi connectivity index (χ4v) is 6.15. The van der Waals surface area contributed by atoms with Crippen molar-refractivity contribution in [3.05, 3.63) is 53.3 Å². The van der Waals surface area contributed by atoms with E-state index in [-0.39, 0.29) is 22.3 Å². The zero-order valence-electron chi connectivity index (χ0n) is 20.3. The number of halogens is 1. The molecule has 2 aromatic rings. The van der Waals surface area contributed by atoms with Crippen LogP contribution in [0.4, 0.5) is 15.8 Å². The second-order valence-electron chi connectivity index (χ2n) is 9.19. The van der Waals surface area contributed by atoms with Crippen LogP contribution in [0.15, 0.2) is 41.3 Å². The smallest absolute Gasteiger partial charge is 0.256 e. The summed E-state index contributed by atoms with van der Waals surface area (Å²) < 4.78 is 40.0. The lowest BCUT2D eigenvalue weighted by molar-refractivity contribution is 0.0746. The molecular weight excluding hydrogens is 469 g/mol. The first-order valence-corrected chi connectivity index (χ1v) is 13.8. The van der Waals surface area contributed by atoms with E-state index in [0.717, 1.165) is 31.6 Å². The van der Waals surface area contributed by atoms with Gasteiger partial charge in [-0.25, -0.2) is 12.8 Å². The molecule has 2 aliphatic rings. The maximum absolute atomic E-state index is 14.6. The van der Waals surface area contributed by atoms with Gasteiger partial charge >= 0.3 is 0 Å². The number of sulfone groups is 1. The SMILES string of the molecule is CCCS(=O)(=O)c1ccc(N2CCCC2)c(C(=O)N2CCN(c3ccc(C(C)=O)cc3F)CC2)c1. The molecule has 0 radical (unpaired) electrons. The van der Waals surface area contributed by atoms with Crippen molar-refractivity contribution in [1.29, 1.82) is 0 Å². The molecule has 7 nitrogen and oxygen atoms in total. The number of hydrogen-bond donors (Lipinski definition) is 0. The molecule has 9 heteroatoms. The lowest BCUT2D eigenvalue weighted by atomic mass is 10.1. The van der Waals surface area contributed by atoms with E-state index < -0.39 is 15.7 Å². The molecule has 0 atom stereocenters. The summed E-state index contributed by atoms with van der Waals surface area (Å²) >= 11 is 0. The summed E-state index contributed by atoms with van der Waals surface area (Å²) in [5, 5.41) is 0. The molecule has 0 spiro atoms. The summed E-state index contributed by atoms with van der Waals surface area (Å²) in [4.78, 5) is 31.0. The Morgan fingerprint density at radius 3 is 2.11 bits per heavy atom. The van der Waals surface area contributed by atoms with Gasteiger partial charge in [0.25, 0.3) is 5.91 Å². The number of amides is 1. The minimum Gasteiger partial charge on any atom is -0.371 e. The second kappa shape index (κ2) is 10.4. The van der Waals surface area contributed by atoms with E-state index in [4.69, 9.17) is 0 Å². The van der Waals surface area contributed by atoms with E-state index in [9.17, 15) is 22.4 Å². The number of nitrogens with zero attached hydrogens (tertiary/aromatic N) is 3. The Balaban J connectivity index is 1.55. The van der Waals surface area contributed by atoms with Crippen molar-refractivity contribution in [2.75, 3.05) is 54.8 Å². The van der Waals surface area contributed by atoms with E-state index in [0.29, 0.717) is 49.4 Å². The zero-order chi connectivity index (χ0) is 25.2. The van der Waals surface area contributed by atoms with Crippen LogP contribution in [-0.4, -0.2) is 70.0 Å². The first-order valence-electron chi connectivity index (χ1n) is 12.2. The zero-order valence-corrected chi connectivity index (χ0v) is 21.1. The minimum atomic E-state index is -3.46. The first-order chi connectivity index (χ1) is 16.7. The molecule has 2 aliphatic heterocycles. The molecule has 0 bridgehead atoms. The quantitative estimate of drug-likeness (QED) is 0.538. The summed E-state index contributed by atoms with van der Waals surface area (Å²) in [6.45, 7) is 6.55. The maximum Gasteiger partial charge on any atom is 0.256 e. The van der Waals surface area contributed by atoms with Crippen molar-refractivity contribution in [2.24, 2.45) is 0 Å². The number of benzene rings is 2. The van der Waals surface area contributed by atoms with Gasteiger partial charge in [0.05, 0.1) is 21.9 Å². The second-order valence-corrected chi connectivity index (χ2v) is 11.3. The summed E-state index contributed by atoms with van der Waals surface area (Å²) in [6.07, 6.45) is 2.58. The van der Waals surface area contributed by atoms with Gasteiger partial charge in [0.15, 0.2) is 15.6 Å². The van der Waals surface area contributed by atoms with Crippen LogP contribution in [0.2, 0.25) is 0 Å². The molecule has 2 fully saturated rings. The van der Waals surface area contributed by atoms with Crippen LogP contribution in [0.5, 0.6) is 0 Å². The van der Waals surface area contributed by atoms with Crippen LogP contribution in [0.25, 0.3) is 0 Å². The summed E-state index contributed by atoms with van der Waals surface area (Å²) in [7, 11) is -3.46. The van der Waals surface area contributed by atoms with Crippen LogP contribution < -0.4 is 9.80 Å². The van der Waals surface area contributed by atoms with Crippen LogP contribution in [0.1, 0.15) is 53.8 Å². The Labute approximate surface area is 206 Å². The number of rotatable bonds is 7. The Bertz CT molecular complexity index is 1220. The molecule has 1 amide bonds. The van der Waals surface area contributed by atoms with Crippen LogP contribution in [0, 0.1) is 5.82 Å². The maximum atomic E-state index is 14.6. The largest absolute Gasteiger partial charge is 0.371 e. The average molecular weight is 502 g/mol. The standard InChI is InChI=1S/C26H32FN3O4S/c1-3-16-35(33,34)21-7-9-24(28-10-4-5-11-28)22(18-21)26(32)30-14-12-29(13-15-30)25-8-6-20(19(2)31)17-23(25)27/h6-9,17-18H,3-5,10-16H2,1-2H3. The summed E-state index contributed by atoms with van der Waals surface area (Å²) in [5.74, 6) is -0.811. The fourth-order valence-electron chi connectivity index (χ4n) is 4.80. The van der Waals surface area contributed by atoms with Crippen LogP contribution in [0.3, 0.4) is 0 Å². The fraction of sp³-hybridized carbons (Fsp3) is 0.462. The normalized spacial score (nSPS) is 16.6. The van der Waals surface area contributed by atoms with Crippen molar-refractivity contribution in [3.8, 4) is 0 Å². The van der Waals surface area contributed by atoms with Crippen molar-refractivity contribution in [1.82, 2.24) is 4.90 Å². The molecule has 35 heavy (non-hydrogen) atoms. The van der Waals surface area contributed by atoms with Gasteiger partial charge in [0.2, 0.25) is 0 Å². The van der Waals surface area contributed by atoms with E-state index in [1.54, 1.807) is 29.2 Å². The van der Waals surface area contributed by atoms with E-state index in [1.165, 1.54) is 19.1 Å². The molecule has 4 rings (SSSR count). The van der Waals surface area contributed by atoms with Gasteiger partial charge in [0, 0.05) is 50.5 Å². The van der Waals surface area contributed by atoms with Crippen molar-refractivity contribution in [2.45, 2.75) is 38.0 Å². The Morgan fingerprint density at radius 2 is 1.51 bits per heavy atom.